The topological polar surface area (TPSA) is 54.3 Å². The zero-order valence-electron chi connectivity index (χ0n) is 13.1. The van der Waals surface area contributed by atoms with E-state index in [1.165, 1.54) is 28.2 Å². The Kier molecular flexibility index (Phi) is 3.68. The van der Waals surface area contributed by atoms with Crippen LogP contribution in [0.2, 0.25) is 0 Å². The molecule has 8 heteroatoms. The average molecular weight is 345 g/mol. The van der Waals surface area contributed by atoms with Crippen LogP contribution in [0.15, 0.2) is 35.1 Å². The maximum atomic E-state index is 13.8. The Balaban J connectivity index is 1.51. The molecule has 0 atom stereocenters. The zero-order chi connectivity index (χ0) is 16.7. The van der Waals surface area contributed by atoms with E-state index in [0.29, 0.717) is 5.52 Å². The summed E-state index contributed by atoms with van der Waals surface area (Å²) in [7, 11) is 1.65. The van der Waals surface area contributed by atoms with Crippen molar-refractivity contribution < 1.29 is 4.39 Å². The average Bonchev–Trinajstić information content (AvgIpc) is 3.03. The highest BCUT2D eigenvalue weighted by atomic mass is 32.1. The third-order valence-corrected chi connectivity index (χ3v) is 5.26. The molecule has 0 bridgehead atoms. The fourth-order valence-electron chi connectivity index (χ4n) is 2.82. The van der Waals surface area contributed by atoms with Crippen LogP contribution in [0.5, 0.6) is 0 Å². The van der Waals surface area contributed by atoms with Crippen molar-refractivity contribution in [3.8, 4) is 0 Å². The molecule has 0 saturated carbocycles. The maximum Gasteiger partial charge on any atom is 0.266 e. The third kappa shape index (κ3) is 2.62. The summed E-state index contributed by atoms with van der Waals surface area (Å²) >= 11 is 1.51. The van der Waals surface area contributed by atoms with Crippen molar-refractivity contribution in [2.24, 2.45) is 7.05 Å². The molecule has 1 fully saturated rings. The smallest absolute Gasteiger partial charge is 0.266 e. The summed E-state index contributed by atoms with van der Waals surface area (Å²) in [5.41, 5.74) is 0.327. The molecule has 6 nitrogen and oxygen atoms in total. The zero-order valence-corrected chi connectivity index (χ0v) is 14.0. The van der Waals surface area contributed by atoms with E-state index in [2.05, 4.69) is 19.9 Å². The Morgan fingerprint density at radius 2 is 1.83 bits per heavy atom. The Morgan fingerprint density at radius 1 is 1.08 bits per heavy atom. The molecule has 4 rings (SSSR count). The van der Waals surface area contributed by atoms with Gasteiger partial charge < -0.3 is 9.80 Å². The fraction of sp³-hybridized carbons (Fsp3) is 0.312. The molecule has 0 aliphatic carbocycles. The lowest BCUT2D eigenvalue weighted by Crippen LogP contribution is -2.47. The van der Waals surface area contributed by atoms with E-state index in [9.17, 15) is 9.18 Å². The molecular weight excluding hydrogens is 329 g/mol. The largest absolute Gasteiger partial charge is 0.352 e. The summed E-state index contributed by atoms with van der Waals surface area (Å²) < 4.78 is 16.0. The summed E-state index contributed by atoms with van der Waals surface area (Å²) in [6, 6.07) is 8.33. The monoisotopic (exact) mass is 345 g/mol. The van der Waals surface area contributed by atoms with Gasteiger partial charge >= 0.3 is 0 Å². The van der Waals surface area contributed by atoms with Crippen molar-refractivity contribution in [3.05, 3.63) is 46.5 Å². The van der Waals surface area contributed by atoms with Gasteiger partial charge in [0.05, 0.1) is 4.70 Å². The number of nitrogens with zero attached hydrogens (tertiary/aromatic N) is 5. The van der Waals surface area contributed by atoms with Crippen molar-refractivity contribution in [2.45, 2.75) is 0 Å². The van der Waals surface area contributed by atoms with Crippen LogP contribution in [-0.4, -0.2) is 40.9 Å². The molecule has 124 valence electrons. The van der Waals surface area contributed by atoms with Gasteiger partial charge in [-0.15, -0.1) is 0 Å². The van der Waals surface area contributed by atoms with Crippen LogP contribution >= 0.6 is 11.3 Å². The molecule has 0 radical (unpaired) electrons. The first-order valence-corrected chi connectivity index (χ1v) is 8.53. The summed E-state index contributed by atoms with van der Waals surface area (Å²) in [5.74, 6) is 0.523. The lowest BCUT2D eigenvalue weighted by molar-refractivity contribution is 0.621. The lowest BCUT2D eigenvalue weighted by atomic mass is 10.3. The number of benzene rings is 1. The van der Waals surface area contributed by atoms with E-state index in [4.69, 9.17) is 0 Å². The van der Waals surface area contributed by atoms with Crippen molar-refractivity contribution in [1.29, 1.82) is 0 Å². The maximum absolute atomic E-state index is 13.8. The second-order valence-corrected chi connectivity index (χ2v) is 6.72. The van der Waals surface area contributed by atoms with Gasteiger partial charge in [-0.3, -0.25) is 4.79 Å². The molecule has 0 spiro atoms. The second-order valence-electron chi connectivity index (χ2n) is 5.71. The highest BCUT2D eigenvalue weighted by Crippen LogP contribution is 2.30. The van der Waals surface area contributed by atoms with Gasteiger partial charge in [-0.25, -0.2) is 14.1 Å². The van der Waals surface area contributed by atoms with Crippen LogP contribution in [0.25, 0.3) is 10.2 Å². The number of piperazine rings is 1. The number of hydrogen-bond acceptors (Lipinski definition) is 6. The van der Waals surface area contributed by atoms with E-state index >= 15 is 0 Å². The Hall–Kier alpha value is -2.48. The van der Waals surface area contributed by atoms with E-state index in [-0.39, 0.29) is 11.4 Å². The van der Waals surface area contributed by atoms with Crippen LogP contribution < -0.4 is 15.4 Å². The Morgan fingerprint density at radius 3 is 2.54 bits per heavy atom. The van der Waals surface area contributed by atoms with Gasteiger partial charge in [0, 0.05) is 39.3 Å². The van der Waals surface area contributed by atoms with Crippen LogP contribution in [0.3, 0.4) is 0 Å². The third-order valence-electron chi connectivity index (χ3n) is 4.18. The number of para-hydroxylation sites is 1. The number of thiazole rings is 1. The minimum atomic E-state index is -0.275. The van der Waals surface area contributed by atoms with Crippen LogP contribution in [0, 0.1) is 5.82 Å². The highest BCUT2D eigenvalue weighted by Gasteiger charge is 2.21. The normalized spacial score (nSPS) is 15.2. The molecule has 1 aliphatic rings. The molecule has 3 heterocycles. The number of anilines is 2. The van der Waals surface area contributed by atoms with E-state index in [1.807, 2.05) is 6.07 Å². The molecule has 0 unspecified atom stereocenters. The van der Waals surface area contributed by atoms with E-state index in [0.717, 1.165) is 41.8 Å². The van der Waals surface area contributed by atoms with Gasteiger partial charge in [-0.05, 0) is 18.2 Å². The highest BCUT2D eigenvalue weighted by molar-refractivity contribution is 7.22. The van der Waals surface area contributed by atoms with Crippen LogP contribution in [0.1, 0.15) is 0 Å². The van der Waals surface area contributed by atoms with Gasteiger partial charge in [0.15, 0.2) is 5.13 Å². The van der Waals surface area contributed by atoms with Crippen molar-refractivity contribution in [1.82, 2.24) is 14.8 Å². The summed E-state index contributed by atoms with van der Waals surface area (Å²) in [4.78, 5) is 20.2. The number of fused-ring (bicyclic) bond motifs is 1. The molecule has 1 aromatic carbocycles. The van der Waals surface area contributed by atoms with Crippen molar-refractivity contribution in [3.63, 3.8) is 0 Å². The Labute approximate surface area is 141 Å². The molecule has 1 aliphatic heterocycles. The minimum absolute atomic E-state index is 0.117. The van der Waals surface area contributed by atoms with Crippen LogP contribution in [0.4, 0.5) is 15.3 Å². The standard InChI is InChI=1S/C16H16FN5OS/c1-20-14(23)6-5-13(19-20)21-7-9-22(10-8-21)16-18-15-11(17)3-2-4-12(15)24-16/h2-6H,7-10H2,1H3. The number of halogens is 1. The summed E-state index contributed by atoms with van der Waals surface area (Å²) in [5, 5.41) is 5.14. The molecular formula is C16H16FN5OS. The summed E-state index contributed by atoms with van der Waals surface area (Å²) in [6.07, 6.45) is 0. The quantitative estimate of drug-likeness (QED) is 0.710. The van der Waals surface area contributed by atoms with Gasteiger partial charge in [0.2, 0.25) is 0 Å². The molecule has 3 aromatic rings. The number of aryl methyl sites for hydroxylation is 1. The Bertz CT molecular complexity index is 945. The molecule has 1 saturated heterocycles. The lowest BCUT2D eigenvalue weighted by Gasteiger charge is -2.35. The summed E-state index contributed by atoms with van der Waals surface area (Å²) in [6.45, 7) is 3.13. The molecule has 0 amide bonds. The fourth-order valence-corrected chi connectivity index (χ4v) is 3.86. The molecule has 24 heavy (non-hydrogen) atoms. The van der Waals surface area contributed by atoms with Gasteiger partial charge in [-0.1, -0.05) is 17.4 Å². The minimum Gasteiger partial charge on any atom is -0.352 e. The van der Waals surface area contributed by atoms with Crippen molar-refractivity contribution in [2.75, 3.05) is 36.0 Å². The van der Waals surface area contributed by atoms with Gasteiger partial charge in [-0.2, -0.15) is 5.10 Å². The number of rotatable bonds is 2. The van der Waals surface area contributed by atoms with Crippen molar-refractivity contribution >= 4 is 32.5 Å². The van der Waals surface area contributed by atoms with E-state index in [1.54, 1.807) is 19.2 Å². The van der Waals surface area contributed by atoms with E-state index < -0.39 is 0 Å². The number of hydrogen-bond donors (Lipinski definition) is 0. The predicted molar refractivity (Wildman–Crippen MR) is 93.5 cm³/mol. The van der Waals surface area contributed by atoms with Gasteiger partial charge in [0.25, 0.3) is 5.56 Å². The first-order valence-electron chi connectivity index (χ1n) is 7.71. The predicted octanol–water partition coefficient (Wildman–Crippen LogP) is 1.86. The first-order chi connectivity index (χ1) is 11.6. The van der Waals surface area contributed by atoms with Crippen LogP contribution in [-0.2, 0) is 7.05 Å². The SMILES string of the molecule is Cn1nc(N2CCN(c3nc4c(F)cccc4s3)CC2)ccc1=O. The van der Waals surface area contributed by atoms with Gasteiger partial charge in [0.1, 0.15) is 17.2 Å². The molecule has 0 N–H and O–H groups in total. The second kappa shape index (κ2) is 5.86. The number of aromatic nitrogens is 3. The first kappa shape index (κ1) is 15.1. The molecule has 2 aromatic heterocycles.